The van der Waals surface area contributed by atoms with Gasteiger partial charge in [-0.1, -0.05) is 6.07 Å². The number of nitrogens with one attached hydrogen (secondary N) is 1. The quantitative estimate of drug-likeness (QED) is 0.719. The van der Waals surface area contributed by atoms with Gasteiger partial charge in [0.1, 0.15) is 15.5 Å². The first-order valence-corrected chi connectivity index (χ1v) is 9.51. The zero-order chi connectivity index (χ0) is 19.1. The number of nitrogens with zero attached hydrogens (tertiary/aromatic N) is 3. The van der Waals surface area contributed by atoms with Crippen molar-refractivity contribution in [1.29, 1.82) is 0 Å². The summed E-state index contributed by atoms with van der Waals surface area (Å²) in [4.78, 5) is 16.1. The molecule has 0 atom stereocenters. The van der Waals surface area contributed by atoms with E-state index in [4.69, 9.17) is 10.5 Å². The van der Waals surface area contributed by atoms with E-state index in [1.165, 1.54) is 11.3 Å². The molecule has 1 aromatic carbocycles. The van der Waals surface area contributed by atoms with Crippen molar-refractivity contribution >= 4 is 38.8 Å². The Morgan fingerprint density at radius 2 is 2.11 bits per heavy atom. The minimum atomic E-state index is -0.150. The molecule has 4 rings (SSSR count). The number of anilines is 2. The Labute approximate surface area is 161 Å². The Morgan fingerprint density at radius 1 is 1.33 bits per heavy atom. The normalized spacial score (nSPS) is 14.3. The molecule has 0 radical (unpaired) electrons. The third-order valence-corrected chi connectivity index (χ3v) is 6.07. The molecule has 3 aromatic rings. The number of aryl methyl sites for hydroxylation is 2. The van der Waals surface area contributed by atoms with Crippen LogP contribution in [0.5, 0.6) is 5.75 Å². The van der Waals surface area contributed by atoms with E-state index in [2.05, 4.69) is 20.4 Å². The first-order valence-electron chi connectivity index (χ1n) is 8.69. The lowest BCUT2D eigenvalue weighted by molar-refractivity contribution is 0.0935. The van der Waals surface area contributed by atoms with Gasteiger partial charge < -0.3 is 20.7 Å². The van der Waals surface area contributed by atoms with Gasteiger partial charge in [-0.25, -0.2) is 0 Å². The van der Waals surface area contributed by atoms with Gasteiger partial charge in [-0.2, -0.15) is 5.10 Å². The SMILES string of the molecule is COc1cccc(N2CC(NC(=O)c3sc4nnc(C)c(C)c4c3N)C2)c1. The minimum Gasteiger partial charge on any atom is -0.497 e. The summed E-state index contributed by atoms with van der Waals surface area (Å²) in [6.45, 7) is 5.35. The lowest BCUT2D eigenvalue weighted by Gasteiger charge is -2.41. The number of amides is 1. The number of nitrogen functional groups attached to an aromatic ring is 1. The summed E-state index contributed by atoms with van der Waals surface area (Å²) in [5.74, 6) is 0.674. The molecule has 0 unspecified atom stereocenters. The van der Waals surface area contributed by atoms with Crippen LogP contribution in [0.1, 0.15) is 20.9 Å². The van der Waals surface area contributed by atoms with Crippen molar-refractivity contribution < 1.29 is 9.53 Å². The van der Waals surface area contributed by atoms with Crippen molar-refractivity contribution in [3.63, 3.8) is 0 Å². The van der Waals surface area contributed by atoms with Crippen LogP contribution in [0.4, 0.5) is 11.4 Å². The van der Waals surface area contributed by atoms with Crippen molar-refractivity contribution in [3.8, 4) is 5.75 Å². The summed E-state index contributed by atoms with van der Waals surface area (Å²) in [6, 6.07) is 7.99. The molecule has 1 fully saturated rings. The Hall–Kier alpha value is -2.87. The monoisotopic (exact) mass is 383 g/mol. The molecule has 0 saturated carbocycles. The third kappa shape index (κ3) is 3.06. The fourth-order valence-corrected chi connectivity index (χ4v) is 4.25. The maximum atomic E-state index is 12.7. The van der Waals surface area contributed by atoms with E-state index in [1.807, 2.05) is 38.1 Å². The maximum Gasteiger partial charge on any atom is 0.263 e. The van der Waals surface area contributed by atoms with Gasteiger partial charge in [0.05, 0.1) is 24.5 Å². The van der Waals surface area contributed by atoms with Crippen LogP contribution in [0.3, 0.4) is 0 Å². The molecule has 8 heteroatoms. The topological polar surface area (TPSA) is 93.4 Å². The van der Waals surface area contributed by atoms with Gasteiger partial charge in [0.15, 0.2) is 0 Å². The number of benzene rings is 1. The fourth-order valence-electron chi connectivity index (χ4n) is 3.25. The lowest BCUT2D eigenvalue weighted by Crippen LogP contribution is -2.59. The van der Waals surface area contributed by atoms with E-state index >= 15 is 0 Å². The fraction of sp³-hybridized carbons (Fsp3) is 0.316. The number of hydrogen-bond donors (Lipinski definition) is 2. The van der Waals surface area contributed by atoms with Crippen LogP contribution in [-0.2, 0) is 0 Å². The number of fused-ring (bicyclic) bond motifs is 1. The predicted molar refractivity (Wildman–Crippen MR) is 108 cm³/mol. The number of nitrogens with two attached hydrogens (primary N) is 1. The highest BCUT2D eigenvalue weighted by Crippen LogP contribution is 2.35. The number of hydrogen-bond acceptors (Lipinski definition) is 7. The van der Waals surface area contributed by atoms with Gasteiger partial charge in [-0.15, -0.1) is 16.4 Å². The summed E-state index contributed by atoms with van der Waals surface area (Å²) in [5, 5.41) is 12.2. The standard InChI is InChI=1S/C19H21N5O2S/c1-10-11(2)22-23-19-15(10)16(20)17(27-19)18(25)21-12-8-24(9-12)13-5-4-6-14(7-13)26-3/h4-7,12H,8-9,20H2,1-3H3,(H,21,25). The minimum absolute atomic E-state index is 0.0854. The van der Waals surface area contributed by atoms with Gasteiger partial charge >= 0.3 is 0 Å². The number of carbonyl (C=O) groups excluding carboxylic acids is 1. The second-order valence-corrected chi connectivity index (χ2v) is 7.71. The van der Waals surface area contributed by atoms with Crippen LogP contribution in [-0.4, -0.2) is 42.3 Å². The zero-order valence-electron chi connectivity index (χ0n) is 15.4. The molecule has 0 spiro atoms. The summed E-state index contributed by atoms with van der Waals surface area (Å²) in [5.41, 5.74) is 9.63. The molecule has 3 heterocycles. The summed E-state index contributed by atoms with van der Waals surface area (Å²) >= 11 is 1.29. The number of rotatable bonds is 4. The van der Waals surface area contributed by atoms with Crippen LogP contribution in [0, 0.1) is 13.8 Å². The maximum absolute atomic E-state index is 12.7. The van der Waals surface area contributed by atoms with Crippen LogP contribution in [0.2, 0.25) is 0 Å². The molecule has 1 amide bonds. The molecule has 3 N–H and O–H groups in total. The van der Waals surface area contributed by atoms with Crippen molar-refractivity contribution in [2.24, 2.45) is 0 Å². The molecular formula is C19H21N5O2S. The smallest absolute Gasteiger partial charge is 0.263 e. The number of thiophene rings is 1. The number of ether oxygens (including phenoxy) is 1. The predicted octanol–water partition coefficient (Wildman–Crippen LogP) is 2.52. The Bertz CT molecular complexity index is 1030. The van der Waals surface area contributed by atoms with Crippen molar-refractivity contribution in [3.05, 3.63) is 40.4 Å². The Balaban J connectivity index is 1.46. The largest absolute Gasteiger partial charge is 0.497 e. The molecule has 7 nitrogen and oxygen atoms in total. The molecule has 140 valence electrons. The van der Waals surface area contributed by atoms with E-state index in [0.717, 1.165) is 41.2 Å². The van der Waals surface area contributed by atoms with E-state index in [-0.39, 0.29) is 11.9 Å². The average molecular weight is 383 g/mol. The summed E-state index contributed by atoms with van der Waals surface area (Å²) in [7, 11) is 1.65. The highest BCUT2D eigenvalue weighted by atomic mass is 32.1. The van der Waals surface area contributed by atoms with Crippen molar-refractivity contribution in [2.75, 3.05) is 30.8 Å². The van der Waals surface area contributed by atoms with Crippen LogP contribution in [0.25, 0.3) is 10.2 Å². The molecule has 0 bridgehead atoms. The van der Waals surface area contributed by atoms with E-state index < -0.39 is 0 Å². The zero-order valence-corrected chi connectivity index (χ0v) is 16.3. The molecule has 1 aliphatic heterocycles. The van der Waals surface area contributed by atoms with E-state index in [1.54, 1.807) is 7.11 Å². The highest BCUT2D eigenvalue weighted by molar-refractivity contribution is 7.21. The summed E-state index contributed by atoms with van der Waals surface area (Å²) in [6.07, 6.45) is 0. The van der Waals surface area contributed by atoms with Gasteiger partial charge in [0, 0.05) is 30.2 Å². The lowest BCUT2D eigenvalue weighted by atomic mass is 10.1. The molecule has 2 aromatic heterocycles. The van der Waals surface area contributed by atoms with E-state index in [9.17, 15) is 4.79 Å². The molecule has 0 aliphatic carbocycles. The first-order chi connectivity index (χ1) is 13.0. The number of aromatic nitrogens is 2. The molecule has 1 aliphatic rings. The van der Waals surface area contributed by atoms with Crippen LogP contribution < -0.4 is 20.7 Å². The van der Waals surface area contributed by atoms with E-state index in [0.29, 0.717) is 15.4 Å². The second-order valence-electron chi connectivity index (χ2n) is 6.71. The van der Waals surface area contributed by atoms with Crippen molar-refractivity contribution in [1.82, 2.24) is 15.5 Å². The Morgan fingerprint density at radius 3 is 2.85 bits per heavy atom. The number of methoxy groups -OCH3 is 1. The van der Waals surface area contributed by atoms with Gasteiger partial charge in [-0.05, 0) is 31.5 Å². The van der Waals surface area contributed by atoms with Gasteiger partial charge in [-0.3, -0.25) is 4.79 Å². The second kappa shape index (κ2) is 6.70. The molecule has 1 saturated heterocycles. The molecular weight excluding hydrogens is 362 g/mol. The Kier molecular flexibility index (Phi) is 4.35. The number of carbonyl (C=O) groups is 1. The van der Waals surface area contributed by atoms with Crippen LogP contribution in [0.15, 0.2) is 24.3 Å². The first kappa shape index (κ1) is 17.5. The van der Waals surface area contributed by atoms with Gasteiger partial charge in [0.25, 0.3) is 5.91 Å². The highest BCUT2D eigenvalue weighted by Gasteiger charge is 2.30. The van der Waals surface area contributed by atoms with Crippen LogP contribution >= 0.6 is 11.3 Å². The van der Waals surface area contributed by atoms with Gasteiger partial charge in [0.2, 0.25) is 0 Å². The third-order valence-electron chi connectivity index (χ3n) is 4.98. The molecule has 27 heavy (non-hydrogen) atoms. The van der Waals surface area contributed by atoms with Crippen molar-refractivity contribution in [2.45, 2.75) is 19.9 Å². The average Bonchev–Trinajstić information content (AvgIpc) is 2.98. The summed E-state index contributed by atoms with van der Waals surface area (Å²) < 4.78 is 5.26.